The number of ether oxygens (including phenoxy) is 1. The number of carbonyl (C=O) groups is 2. The van der Waals surface area contributed by atoms with E-state index in [2.05, 4.69) is 16.0 Å². The summed E-state index contributed by atoms with van der Waals surface area (Å²) in [6.07, 6.45) is 5.34. The summed E-state index contributed by atoms with van der Waals surface area (Å²) in [4.78, 5) is 38.6. The second kappa shape index (κ2) is 9.02. The smallest absolute Gasteiger partial charge is 0.274 e. The minimum absolute atomic E-state index is 0.0460. The molecule has 3 heterocycles. The van der Waals surface area contributed by atoms with Gasteiger partial charge in [0.15, 0.2) is 0 Å². The van der Waals surface area contributed by atoms with E-state index in [1.807, 2.05) is 58.3 Å². The number of methoxy groups -OCH3 is 1. The standard InChI is InChI=1S/C26H26N4O3/c1-33-20-9-5-8-19(14-20)21-17-30(25(31)18-6-3-2-4-7-18)24-10-13-29(16-22(21)24)26(32)23-15-27-11-12-28-23/h2-9,11-12,14-15,21-22,24H,10,13,16-17H2,1H3/t21-,22-,24-/m1/s1. The van der Waals surface area contributed by atoms with Gasteiger partial charge in [0.1, 0.15) is 11.4 Å². The van der Waals surface area contributed by atoms with Gasteiger partial charge in [-0.3, -0.25) is 14.6 Å². The molecule has 0 spiro atoms. The summed E-state index contributed by atoms with van der Waals surface area (Å²) in [5.74, 6) is 0.957. The van der Waals surface area contributed by atoms with Crippen molar-refractivity contribution >= 4 is 11.8 Å². The molecule has 0 bridgehead atoms. The highest BCUT2D eigenvalue weighted by Crippen LogP contribution is 2.43. The van der Waals surface area contributed by atoms with Gasteiger partial charge in [-0.05, 0) is 36.2 Å². The molecule has 2 aromatic carbocycles. The zero-order chi connectivity index (χ0) is 22.8. The van der Waals surface area contributed by atoms with Gasteiger partial charge in [-0.25, -0.2) is 4.98 Å². The Bertz CT molecular complexity index is 1140. The lowest BCUT2D eigenvalue weighted by Gasteiger charge is -2.38. The van der Waals surface area contributed by atoms with E-state index in [1.165, 1.54) is 12.4 Å². The predicted molar refractivity (Wildman–Crippen MR) is 123 cm³/mol. The van der Waals surface area contributed by atoms with Crippen LogP contribution in [0.15, 0.2) is 73.2 Å². The van der Waals surface area contributed by atoms with E-state index >= 15 is 0 Å². The SMILES string of the molecule is COc1cccc([C@H]2CN(C(=O)c3ccccc3)[C@@H]3CCN(C(=O)c4cnccn4)C[C@H]23)c1. The number of likely N-dealkylation sites (tertiary alicyclic amines) is 2. The molecule has 7 nitrogen and oxygen atoms in total. The maximum Gasteiger partial charge on any atom is 0.274 e. The Morgan fingerprint density at radius 1 is 1.00 bits per heavy atom. The van der Waals surface area contributed by atoms with E-state index in [1.54, 1.807) is 13.3 Å². The number of aromatic nitrogens is 2. The van der Waals surface area contributed by atoms with Gasteiger partial charge >= 0.3 is 0 Å². The zero-order valence-electron chi connectivity index (χ0n) is 18.5. The molecule has 2 fully saturated rings. The molecular weight excluding hydrogens is 416 g/mol. The highest BCUT2D eigenvalue weighted by Gasteiger charge is 2.48. The number of hydrogen-bond acceptors (Lipinski definition) is 5. The van der Waals surface area contributed by atoms with Crippen LogP contribution in [0.3, 0.4) is 0 Å². The number of benzene rings is 2. The number of piperidine rings is 1. The van der Waals surface area contributed by atoms with Crippen molar-refractivity contribution in [3.63, 3.8) is 0 Å². The molecule has 168 valence electrons. The highest BCUT2D eigenvalue weighted by atomic mass is 16.5. The van der Waals surface area contributed by atoms with Crippen LogP contribution in [0.5, 0.6) is 5.75 Å². The molecule has 2 aliphatic heterocycles. The lowest BCUT2D eigenvalue weighted by molar-refractivity contribution is 0.0530. The monoisotopic (exact) mass is 442 g/mol. The van der Waals surface area contributed by atoms with Crippen molar-refractivity contribution in [2.24, 2.45) is 5.92 Å². The van der Waals surface area contributed by atoms with Crippen LogP contribution in [0.1, 0.15) is 38.7 Å². The van der Waals surface area contributed by atoms with Crippen LogP contribution in [0.2, 0.25) is 0 Å². The molecule has 5 rings (SSSR count). The Labute approximate surface area is 193 Å². The van der Waals surface area contributed by atoms with Crippen molar-refractivity contribution in [2.75, 3.05) is 26.7 Å². The number of nitrogens with zero attached hydrogens (tertiary/aromatic N) is 4. The third-order valence-corrected chi connectivity index (χ3v) is 6.80. The number of rotatable bonds is 4. The summed E-state index contributed by atoms with van der Waals surface area (Å²) in [6.45, 7) is 1.77. The maximum absolute atomic E-state index is 13.4. The molecule has 3 atom stereocenters. The van der Waals surface area contributed by atoms with Crippen LogP contribution in [0.25, 0.3) is 0 Å². The van der Waals surface area contributed by atoms with Gasteiger partial charge in [0.05, 0.1) is 13.3 Å². The molecule has 0 aliphatic carbocycles. The molecule has 2 aliphatic rings. The van der Waals surface area contributed by atoms with Crippen molar-refractivity contribution in [2.45, 2.75) is 18.4 Å². The van der Waals surface area contributed by atoms with Crippen molar-refractivity contribution in [3.8, 4) is 5.75 Å². The van der Waals surface area contributed by atoms with E-state index in [0.29, 0.717) is 30.9 Å². The van der Waals surface area contributed by atoms with Crippen LogP contribution in [0, 0.1) is 5.92 Å². The van der Waals surface area contributed by atoms with Crippen LogP contribution in [-0.4, -0.2) is 64.4 Å². The van der Waals surface area contributed by atoms with Crippen molar-refractivity contribution < 1.29 is 14.3 Å². The third kappa shape index (κ3) is 4.06. The van der Waals surface area contributed by atoms with Crippen molar-refractivity contribution in [1.82, 2.24) is 19.8 Å². The quantitative estimate of drug-likeness (QED) is 0.620. The first-order chi connectivity index (χ1) is 16.2. The summed E-state index contributed by atoms with van der Waals surface area (Å²) in [7, 11) is 1.66. The summed E-state index contributed by atoms with van der Waals surface area (Å²) in [6, 6.07) is 17.5. The minimum Gasteiger partial charge on any atom is -0.497 e. The number of fused-ring (bicyclic) bond motifs is 1. The van der Waals surface area contributed by atoms with Gasteiger partial charge in [0, 0.05) is 55.5 Å². The van der Waals surface area contributed by atoms with Gasteiger partial charge in [-0.2, -0.15) is 0 Å². The molecular formula is C26H26N4O3. The van der Waals surface area contributed by atoms with E-state index in [0.717, 1.165) is 17.7 Å². The van der Waals surface area contributed by atoms with Gasteiger partial charge in [0.2, 0.25) is 0 Å². The summed E-state index contributed by atoms with van der Waals surface area (Å²) < 4.78 is 5.45. The molecule has 0 unspecified atom stereocenters. The Morgan fingerprint density at radius 2 is 1.85 bits per heavy atom. The van der Waals surface area contributed by atoms with Crippen LogP contribution < -0.4 is 4.74 Å². The average Bonchev–Trinajstić information content (AvgIpc) is 3.27. The first-order valence-corrected chi connectivity index (χ1v) is 11.2. The van der Waals surface area contributed by atoms with E-state index in [9.17, 15) is 9.59 Å². The fourth-order valence-electron chi connectivity index (χ4n) is 5.20. The molecule has 7 heteroatoms. The van der Waals surface area contributed by atoms with E-state index in [4.69, 9.17) is 4.74 Å². The molecule has 3 aromatic rings. The first kappa shape index (κ1) is 21.1. The lowest BCUT2D eigenvalue weighted by atomic mass is 9.81. The topological polar surface area (TPSA) is 75.6 Å². The Balaban J connectivity index is 1.46. The van der Waals surface area contributed by atoms with Crippen LogP contribution >= 0.6 is 0 Å². The normalized spacial score (nSPS) is 22.0. The fourth-order valence-corrected chi connectivity index (χ4v) is 5.20. The summed E-state index contributed by atoms with van der Waals surface area (Å²) in [5, 5.41) is 0. The van der Waals surface area contributed by atoms with E-state index < -0.39 is 0 Å². The molecule has 2 amide bonds. The lowest BCUT2D eigenvalue weighted by Crippen LogP contribution is -2.49. The van der Waals surface area contributed by atoms with Crippen LogP contribution in [-0.2, 0) is 0 Å². The number of hydrogen-bond donors (Lipinski definition) is 0. The molecule has 2 saturated heterocycles. The molecule has 33 heavy (non-hydrogen) atoms. The predicted octanol–water partition coefficient (Wildman–Crippen LogP) is 3.26. The molecule has 0 radical (unpaired) electrons. The Morgan fingerprint density at radius 3 is 2.61 bits per heavy atom. The summed E-state index contributed by atoms with van der Waals surface area (Å²) >= 11 is 0. The largest absolute Gasteiger partial charge is 0.497 e. The first-order valence-electron chi connectivity index (χ1n) is 11.2. The maximum atomic E-state index is 13.4. The van der Waals surface area contributed by atoms with Gasteiger partial charge in [-0.15, -0.1) is 0 Å². The molecule has 0 saturated carbocycles. The van der Waals surface area contributed by atoms with Gasteiger partial charge < -0.3 is 14.5 Å². The van der Waals surface area contributed by atoms with Crippen LogP contribution in [0.4, 0.5) is 0 Å². The highest BCUT2D eigenvalue weighted by molar-refractivity contribution is 5.95. The fraction of sp³-hybridized carbons (Fsp3) is 0.308. The van der Waals surface area contributed by atoms with E-state index in [-0.39, 0.29) is 29.7 Å². The number of carbonyl (C=O) groups excluding carboxylic acids is 2. The Kier molecular flexibility index (Phi) is 5.77. The zero-order valence-corrected chi connectivity index (χ0v) is 18.5. The molecule has 1 aromatic heterocycles. The molecule has 0 N–H and O–H groups in total. The van der Waals surface area contributed by atoms with Gasteiger partial charge in [-0.1, -0.05) is 30.3 Å². The van der Waals surface area contributed by atoms with Crippen molar-refractivity contribution in [3.05, 3.63) is 90.0 Å². The second-order valence-corrected chi connectivity index (χ2v) is 8.57. The summed E-state index contributed by atoms with van der Waals surface area (Å²) in [5.41, 5.74) is 2.17. The third-order valence-electron chi connectivity index (χ3n) is 6.80. The second-order valence-electron chi connectivity index (χ2n) is 8.57. The average molecular weight is 443 g/mol. The minimum atomic E-state index is -0.112. The number of amides is 2. The van der Waals surface area contributed by atoms with Gasteiger partial charge in [0.25, 0.3) is 11.8 Å². The van der Waals surface area contributed by atoms with Crippen molar-refractivity contribution in [1.29, 1.82) is 0 Å². The Hall–Kier alpha value is -3.74.